The van der Waals surface area contributed by atoms with Gasteiger partial charge in [-0.15, -0.1) is 0 Å². The molecule has 0 radical (unpaired) electrons. The Bertz CT molecular complexity index is 665. The molecule has 2 aromatic rings. The molecule has 0 saturated carbocycles. The molecule has 0 spiro atoms. The fourth-order valence-corrected chi connectivity index (χ4v) is 2.82. The molecule has 3 nitrogen and oxygen atoms in total. The van der Waals surface area contributed by atoms with Crippen molar-refractivity contribution in [1.29, 1.82) is 0 Å². The maximum atomic E-state index is 6.03. The first kappa shape index (κ1) is 14.2. The van der Waals surface area contributed by atoms with Crippen LogP contribution in [-0.4, -0.2) is 17.6 Å². The van der Waals surface area contributed by atoms with Crippen LogP contribution >= 0.6 is 23.8 Å². The molecular formula is C16H15ClN2OS. The Hall–Kier alpha value is -1.78. The summed E-state index contributed by atoms with van der Waals surface area (Å²) < 4.78 is 5.90. The lowest BCUT2D eigenvalue weighted by atomic mass is 10.1. The Balaban J connectivity index is 1.69. The first-order chi connectivity index (χ1) is 10.1. The number of hydrogen-bond donors (Lipinski definition) is 2. The number of nitrogens with two attached hydrogens (primary N) is 1. The number of anilines is 1. The zero-order valence-corrected chi connectivity index (χ0v) is 12.9. The van der Waals surface area contributed by atoms with E-state index >= 15 is 0 Å². The van der Waals surface area contributed by atoms with Crippen molar-refractivity contribution in [2.45, 2.75) is 12.5 Å². The number of nitrogens with one attached hydrogen (secondary N) is 1. The second-order valence-electron chi connectivity index (χ2n) is 4.99. The lowest BCUT2D eigenvalue weighted by Gasteiger charge is -2.15. The summed E-state index contributed by atoms with van der Waals surface area (Å²) in [5, 5.41) is 3.98. The largest absolute Gasteiger partial charge is 0.488 e. The summed E-state index contributed by atoms with van der Waals surface area (Å²) in [4.78, 5) is 0.352. The Morgan fingerprint density at radius 3 is 2.90 bits per heavy atom. The van der Waals surface area contributed by atoms with Crippen LogP contribution in [0.25, 0.3) is 0 Å². The van der Waals surface area contributed by atoms with Gasteiger partial charge in [0.2, 0.25) is 0 Å². The van der Waals surface area contributed by atoms with Gasteiger partial charge in [0.15, 0.2) is 0 Å². The van der Waals surface area contributed by atoms with Crippen LogP contribution in [0.3, 0.4) is 0 Å². The van der Waals surface area contributed by atoms with Crippen LogP contribution < -0.4 is 15.8 Å². The van der Waals surface area contributed by atoms with Crippen LogP contribution in [0.15, 0.2) is 42.5 Å². The molecule has 1 unspecified atom stereocenters. The molecular weight excluding hydrogens is 304 g/mol. The van der Waals surface area contributed by atoms with Crippen molar-refractivity contribution in [3.05, 3.63) is 58.6 Å². The van der Waals surface area contributed by atoms with Crippen LogP contribution in [0, 0.1) is 0 Å². The van der Waals surface area contributed by atoms with Crippen molar-refractivity contribution >= 4 is 34.5 Å². The zero-order chi connectivity index (χ0) is 14.8. The SMILES string of the molecule is NC(=S)c1ccc(Cl)cc1NCC1Cc2ccccc2O1. The van der Waals surface area contributed by atoms with E-state index in [9.17, 15) is 0 Å². The topological polar surface area (TPSA) is 47.3 Å². The second kappa shape index (κ2) is 5.92. The fraction of sp³-hybridized carbons (Fsp3) is 0.188. The number of ether oxygens (including phenoxy) is 1. The fourth-order valence-electron chi connectivity index (χ4n) is 2.47. The molecule has 1 heterocycles. The first-order valence-electron chi connectivity index (χ1n) is 6.71. The van der Waals surface area contributed by atoms with E-state index < -0.39 is 0 Å². The first-order valence-corrected chi connectivity index (χ1v) is 7.50. The van der Waals surface area contributed by atoms with Crippen molar-refractivity contribution in [1.82, 2.24) is 0 Å². The summed E-state index contributed by atoms with van der Waals surface area (Å²) in [5.74, 6) is 0.963. The maximum Gasteiger partial charge on any atom is 0.123 e. The van der Waals surface area contributed by atoms with Crippen molar-refractivity contribution in [2.24, 2.45) is 5.73 Å². The normalized spacial score (nSPS) is 16.1. The summed E-state index contributed by atoms with van der Waals surface area (Å²) in [6, 6.07) is 13.5. The van der Waals surface area contributed by atoms with Crippen LogP contribution in [-0.2, 0) is 6.42 Å². The third-order valence-electron chi connectivity index (χ3n) is 3.48. The quantitative estimate of drug-likeness (QED) is 0.848. The third kappa shape index (κ3) is 3.12. The molecule has 0 bridgehead atoms. The highest BCUT2D eigenvalue weighted by atomic mass is 35.5. The van der Waals surface area contributed by atoms with E-state index in [1.807, 2.05) is 30.3 Å². The molecule has 108 valence electrons. The van der Waals surface area contributed by atoms with E-state index in [0.29, 0.717) is 16.6 Å². The van der Waals surface area contributed by atoms with Gasteiger partial charge in [-0.3, -0.25) is 0 Å². The van der Waals surface area contributed by atoms with E-state index in [1.165, 1.54) is 5.56 Å². The van der Waals surface area contributed by atoms with Gasteiger partial charge in [-0.1, -0.05) is 42.0 Å². The third-order valence-corrected chi connectivity index (χ3v) is 3.94. The number of benzene rings is 2. The van der Waals surface area contributed by atoms with E-state index in [1.54, 1.807) is 6.07 Å². The molecule has 0 fully saturated rings. The van der Waals surface area contributed by atoms with Crippen LogP contribution in [0.2, 0.25) is 5.02 Å². The monoisotopic (exact) mass is 318 g/mol. The molecule has 1 atom stereocenters. The highest BCUT2D eigenvalue weighted by Crippen LogP contribution is 2.28. The molecule has 0 saturated heterocycles. The standard InChI is InChI=1S/C16H15ClN2OS/c17-11-5-6-13(16(18)21)14(8-11)19-9-12-7-10-3-1-2-4-15(10)20-12/h1-6,8,12,19H,7,9H2,(H2,18,21). The summed E-state index contributed by atoms with van der Waals surface area (Å²) in [7, 11) is 0. The Labute approximate surface area is 134 Å². The van der Waals surface area contributed by atoms with Gasteiger partial charge in [0.05, 0.1) is 6.54 Å². The molecule has 5 heteroatoms. The average molecular weight is 319 g/mol. The summed E-state index contributed by atoms with van der Waals surface area (Å²) in [6.07, 6.45) is 0.993. The Morgan fingerprint density at radius 1 is 1.33 bits per heavy atom. The number of para-hydroxylation sites is 1. The lowest BCUT2D eigenvalue weighted by Crippen LogP contribution is -2.25. The predicted molar refractivity (Wildman–Crippen MR) is 90.4 cm³/mol. The number of halogens is 1. The minimum absolute atomic E-state index is 0.0978. The van der Waals surface area contributed by atoms with Crippen LogP contribution in [0.4, 0.5) is 5.69 Å². The van der Waals surface area contributed by atoms with Gasteiger partial charge in [-0.05, 0) is 29.8 Å². The summed E-state index contributed by atoms with van der Waals surface area (Å²) in [5.41, 5.74) is 8.61. The molecule has 3 N–H and O–H groups in total. The smallest absolute Gasteiger partial charge is 0.123 e. The van der Waals surface area contributed by atoms with E-state index in [-0.39, 0.29) is 6.10 Å². The summed E-state index contributed by atoms with van der Waals surface area (Å²) >= 11 is 11.1. The van der Waals surface area contributed by atoms with Crippen LogP contribution in [0.1, 0.15) is 11.1 Å². The minimum atomic E-state index is 0.0978. The van der Waals surface area contributed by atoms with Gasteiger partial charge in [-0.2, -0.15) is 0 Å². The highest BCUT2D eigenvalue weighted by Gasteiger charge is 2.22. The molecule has 3 rings (SSSR count). The Kier molecular flexibility index (Phi) is 3.99. The number of rotatable bonds is 4. The Morgan fingerprint density at radius 2 is 2.14 bits per heavy atom. The van der Waals surface area contributed by atoms with Crippen molar-refractivity contribution in [3.63, 3.8) is 0 Å². The number of hydrogen-bond acceptors (Lipinski definition) is 3. The lowest BCUT2D eigenvalue weighted by molar-refractivity contribution is 0.246. The van der Waals surface area contributed by atoms with Gasteiger partial charge in [0.1, 0.15) is 16.8 Å². The van der Waals surface area contributed by atoms with Gasteiger partial charge >= 0.3 is 0 Å². The molecule has 0 amide bonds. The summed E-state index contributed by atoms with van der Waals surface area (Å²) in [6.45, 7) is 0.671. The molecule has 21 heavy (non-hydrogen) atoms. The predicted octanol–water partition coefficient (Wildman–Crippen LogP) is 3.39. The van der Waals surface area contributed by atoms with E-state index in [2.05, 4.69) is 11.4 Å². The van der Waals surface area contributed by atoms with Gasteiger partial charge in [0.25, 0.3) is 0 Å². The van der Waals surface area contributed by atoms with Crippen molar-refractivity contribution < 1.29 is 4.74 Å². The average Bonchev–Trinajstić information content (AvgIpc) is 2.87. The molecule has 0 aromatic heterocycles. The van der Waals surface area contributed by atoms with Crippen molar-refractivity contribution in [2.75, 3.05) is 11.9 Å². The molecule has 2 aromatic carbocycles. The molecule has 1 aliphatic heterocycles. The van der Waals surface area contributed by atoms with Gasteiger partial charge in [-0.25, -0.2) is 0 Å². The number of fused-ring (bicyclic) bond motifs is 1. The maximum absolute atomic E-state index is 6.03. The van der Waals surface area contributed by atoms with Gasteiger partial charge < -0.3 is 15.8 Å². The van der Waals surface area contributed by atoms with E-state index in [4.69, 9.17) is 34.3 Å². The number of thiocarbonyl (C=S) groups is 1. The van der Waals surface area contributed by atoms with Crippen LogP contribution in [0.5, 0.6) is 5.75 Å². The van der Waals surface area contributed by atoms with E-state index in [0.717, 1.165) is 23.4 Å². The minimum Gasteiger partial charge on any atom is -0.488 e. The highest BCUT2D eigenvalue weighted by molar-refractivity contribution is 7.80. The second-order valence-corrected chi connectivity index (χ2v) is 5.86. The van der Waals surface area contributed by atoms with Crippen molar-refractivity contribution in [3.8, 4) is 5.75 Å². The zero-order valence-electron chi connectivity index (χ0n) is 11.3. The molecule has 1 aliphatic rings. The van der Waals surface area contributed by atoms with Gasteiger partial charge in [0, 0.05) is 22.7 Å². The molecule has 0 aliphatic carbocycles.